The minimum Gasteiger partial charge on any atom is -0.345 e. The first-order valence-corrected chi connectivity index (χ1v) is 6.76. The van der Waals surface area contributed by atoms with E-state index < -0.39 is 5.91 Å². The van der Waals surface area contributed by atoms with Gasteiger partial charge < -0.3 is 5.32 Å². The van der Waals surface area contributed by atoms with Crippen molar-refractivity contribution in [3.63, 3.8) is 0 Å². The molecule has 0 bridgehead atoms. The fourth-order valence-corrected chi connectivity index (χ4v) is 2.13. The Labute approximate surface area is 126 Å². The van der Waals surface area contributed by atoms with E-state index in [1.54, 1.807) is 12.1 Å². The number of carbonyl (C=O) groups is 1. The molecule has 7 heteroatoms. The summed E-state index contributed by atoms with van der Waals surface area (Å²) >= 11 is 0. The van der Waals surface area contributed by atoms with E-state index in [4.69, 9.17) is 0 Å². The van der Waals surface area contributed by atoms with Gasteiger partial charge in [-0.3, -0.25) is 4.79 Å². The molecule has 3 rings (SSSR count). The van der Waals surface area contributed by atoms with Gasteiger partial charge in [-0.2, -0.15) is 4.98 Å². The summed E-state index contributed by atoms with van der Waals surface area (Å²) in [6, 6.07) is 7.78. The third-order valence-electron chi connectivity index (χ3n) is 3.19. The number of halogens is 1. The molecule has 2 heterocycles. The standard InChI is InChI=1S/C15H14FN5O/c1-9-7-10(2)21-15(18-9)19-13(20-21)14(22)17-8-11-3-5-12(16)6-4-11/h3-7H,8H2,1-2H3,(H,17,22). The summed E-state index contributed by atoms with van der Waals surface area (Å²) in [5, 5.41) is 6.85. The Morgan fingerprint density at radius 1 is 1.23 bits per heavy atom. The Morgan fingerprint density at radius 2 is 1.95 bits per heavy atom. The summed E-state index contributed by atoms with van der Waals surface area (Å²) in [5.74, 6) is -0.256. The first-order valence-electron chi connectivity index (χ1n) is 6.76. The molecular weight excluding hydrogens is 285 g/mol. The smallest absolute Gasteiger partial charge is 0.291 e. The molecular formula is C15H14FN5O. The van der Waals surface area contributed by atoms with Crippen LogP contribution in [0.2, 0.25) is 0 Å². The largest absolute Gasteiger partial charge is 0.345 e. The number of carbonyl (C=O) groups excluding carboxylic acids is 1. The zero-order chi connectivity index (χ0) is 15.7. The van der Waals surface area contributed by atoms with Gasteiger partial charge in [0.05, 0.1) is 0 Å². The second kappa shape index (κ2) is 5.51. The molecule has 0 fully saturated rings. The third-order valence-corrected chi connectivity index (χ3v) is 3.19. The zero-order valence-electron chi connectivity index (χ0n) is 12.2. The molecule has 0 aliphatic rings. The average molecular weight is 299 g/mol. The zero-order valence-corrected chi connectivity index (χ0v) is 12.2. The molecule has 112 valence electrons. The number of amides is 1. The van der Waals surface area contributed by atoms with Crippen LogP contribution in [-0.2, 0) is 6.54 Å². The van der Waals surface area contributed by atoms with Crippen LogP contribution in [0.5, 0.6) is 0 Å². The van der Waals surface area contributed by atoms with Gasteiger partial charge in [0.1, 0.15) is 5.82 Å². The average Bonchev–Trinajstić information content (AvgIpc) is 2.90. The Kier molecular flexibility index (Phi) is 3.54. The highest BCUT2D eigenvalue weighted by Crippen LogP contribution is 2.06. The van der Waals surface area contributed by atoms with Crippen molar-refractivity contribution < 1.29 is 9.18 Å². The highest BCUT2D eigenvalue weighted by Gasteiger charge is 2.14. The van der Waals surface area contributed by atoms with Crippen LogP contribution in [0.15, 0.2) is 30.3 Å². The van der Waals surface area contributed by atoms with Crippen LogP contribution in [0.3, 0.4) is 0 Å². The molecule has 0 radical (unpaired) electrons. The van der Waals surface area contributed by atoms with E-state index in [1.165, 1.54) is 16.6 Å². The van der Waals surface area contributed by atoms with Crippen molar-refractivity contribution in [3.8, 4) is 0 Å². The van der Waals surface area contributed by atoms with Gasteiger partial charge in [0, 0.05) is 17.9 Å². The van der Waals surface area contributed by atoms with Gasteiger partial charge in [-0.15, -0.1) is 5.10 Å². The molecule has 0 saturated heterocycles. The normalized spacial score (nSPS) is 10.9. The number of fused-ring (bicyclic) bond motifs is 1. The minimum absolute atomic E-state index is 0.0586. The quantitative estimate of drug-likeness (QED) is 0.800. The van der Waals surface area contributed by atoms with Gasteiger partial charge in [-0.1, -0.05) is 12.1 Å². The number of rotatable bonds is 3. The summed E-state index contributed by atoms with van der Waals surface area (Å²) in [4.78, 5) is 20.5. The lowest BCUT2D eigenvalue weighted by atomic mass is 10.2. The number of hydrogen-bond donors (Lipinski definition) is 1. The van der Waals surface area contributed by atoms with Gasteiger partial charge in [0.2, 0.25) is 5.82 Å². The van der Waals surface area contributed by atoms with E-state index in [0.29, 0.717) is 5.78 Å². The molecule has 1 N–H and O–H groups in total. The lowest BCUT2D eigenvalue weighted by Gasteiger charge is -2.02. The maximum Gasteiger partial charge on any atom is 0.291 e. The number of aryl methyl sites for hydroxylation is 2. The fraction of sp³-hybridized carbons (Fsp3) is 0.200. The highest BCUT2D eigenvalue weighted by molar-refractivity contribution is 5.90. The second-order valence-electron chi connectivity index (χ2n) is 5.00. The lowest BCUT2D eigenvalue weighted by molar-refractivity contribution is 0.0940. The monoisotopic (exact) mass is 299 g/mol. The number of benzene rings is 1. The van der Waals surface area contributed by atoms with Crippen LogP contribution in [0, 0.1) is 19.7 Å². The van der Waals surface area contributed by atoms with Crippen LogP contribution >= 0.6 is 0 Å². The molecule has 0 saturated carbocycles. The van der Waals surface area contributed by atoms with Crippen molar-refractivity contribution >= 4 is 11.7 Å². The van der Waals surface area contributed by atoms with Crippen molar-refractivity contribution in [3.05, 3.63) is 58.9 Å². The highest BCUT2D eigenvalue weighted by atomic mass is 19.1. The van der Waals surface area contributed by atoms with E-state index in [9.17, 15) is 9.18 Å². The Morgan fingerprint density at radius 3 is 2.68 bits per heavy atom. The van der Waals surface area contributed by atoms with Gasteiger partial charge in [-0.25, -0.2) is 13.9 Å². The molecule has 0 atom stereocenters. The van der Waals surface area contributed by atoms with Crippen LogP contribution in [0.4, 0.5) is 4.39 Å². The molecule has 2 aromatic heterocycles. The predicted molar refractivity (Wildman–Crippen MR) is 77.8 cm³/mol. The third kappa shape index (κ3) is 2.78. The number of aromatic nitrogens is 4. The van der Waals surface area contributed by atoms with E-state index in [2.05, 4.69) is 20.4 Å². The Hall–Kier alpha value is -2.83. The SMILES string of the molecule is Cc1cc(C)n2nc(C(=O)NCc3ccc(F)cc3)nc2n1. The van der Waals surface area contributed by atoms with Gasteiger partial charge in [-0.05, 0) is 37.6 Å². The first kappa shape index (κ1) is 14.1. The van der Waals surface area contributed by atoms with Crippen molar-refractivity contribution in [2.24, 2.45) is 0 Å². The number of nitrogens with zero attached hydrogens (tertiary/aromatic N) is 4. The van der Waals surface area contributed by atoms with Crippen LogP contribution in [-0.4, -0.2) is 25.5 Å². The van der Waals surface area contributed by atoms with Gasteiger partial charge >= 0.3 is 0 Å². The van der Waals surface area contributed by atoms with Crippen LogP contribution < -0.4 is 5.32 Å². The molecule has 0 spiro atoms. The summed E-state index contributed by atoms with van der Waals surface area (Å²) in [5.41, 5.74) is 2.46. The van der Waals surface area contributed by atoms with E-state index in [-0.39, 0.29) is 18.2 Å². The Bertz CT molecular complexity index is 841. The Balaban J connectivity index is 1.77. The molecule has 22 heavy (non-hydrogen) atoms. The molecule has 0 aliphatic carbocycles. The van der Waals surface area contributed by atoms with Crippen molar-refractivity contribution in [2.45, 2.75) is 20.4 Å². The second-order valence-corrected chi connectivity index (χ2v) is 5.00. The molecule has 3 aromatic rings. The van der Waals surface area contributed by atoms with Crippen LogP contribution in [0.1, 0.15) is 27.6 Å². The fourth-order valence-electron chi connectivity index (χ4n) is 2.13. The van der Waals surface area contributed by atoms with E-state index >= 15 is 0 Å². The summed E-state index contributed by atoms with van der Waals surface area (Å²) in [6.07, 6.45) is 0. The summed E-state index contributed by atoms with van der Waals surface area (Å²) in [7, 11) is 0. The minimum atomic E-state index is -0.396. The molecule has 1 amide bonds. The number of hydrogen-bond acceptors (Lipinski definition) is 4. The van der Waals surface area contributed by atoms with Crippen molar-refractivity contribution in [2.75, 3.05) is 0 Å². The maximum atomic E-state index is 12.8. The van der Waals surface area contributed by atoms with Crippen LogP contribution in [0.25, 0.3) is 5.78 Å². The maximum absolute atomic E-state index is 12.8. The molecule has 0 unspecified atom stereocenters. The molecule has 6 nitrogen and oxygen atoms in total. The summed E-state index contributed by atoms with van der Waals surface area (Å²) in [6.45, 7) is 4.01. The number of nitrogens with one attached hydrogen (secondary N) is 1. The van der Waals surface area contributed by atoms with Crippen molar-refractivity contribution in [1.82, 2.24) is 24.9 Å². The first-order chi connectivity index (χ1) is 10.5. The predicted octanol–water partition coefficient (Wildman–Crippen LogP) is 1.81. The summed E-state index contributed by atoms with van der Waals surface area (Å²) < 4.78 is 14.3. The van der Waals surface area contributed by atoms with Gasteiger partial charge in [0.15, 0.2) is 0 Å². The molecule has 0 aliphatic heterocycles. The lowest BCUT2D eigenvalue weighted by Crippen LogP contribution is -2.24. The van der Waals surface area contributed by atoms with E-state index in [0.717, 1.165) is 17.0 Å². The van der Waals surface area contributed by atoms with Crippen molar-refractivity contribution in [1.29, 1.82) is 0 Å². The topological polar surface area (TPSA) is 72.2 Å². The van der Waals surface area contributed by atoms with E-state index in [1.807, 2.05) is 19.9 Å². The van der Waals surface area contributed by atoms with Gasteiger partial charge in [0.25, 0.3) is 11.7 Å². The molecule has 1 aromatic carbocycles.